The Kier molecular flexibility index (Phi) is 5.88. The summed E-state index contributed by atoms with van der Waals surface area (Å²) in [4.78, 5) is 20.2. The van der Waals surface area contributed by atoms with Crippen LogP contribution in [0.3, 0.4) is 0 Å². The number of amides is 1. The van der Waals surface area contributed by atoms with E-state index in [0.717, 1.165) is 12.1 Å². The highest BCUT2D eigenvalue weighted by Crippen LogP contribution is 2.33. The standard InChI is InChI=1S/C20H20F2N4O3/c1-10(2)18(20(27)26-28)11-6-13(21)19(14(22)7-11)25-15-4-5-23-16-8-17(29-3)24-9-12(15)16/h4-10,18,28H,1-3H3,(H,23,25)(H,26,27). The molecule has 9 heteroatoms. The monoisotopic (exact) mass is 402 g/mol. The van der Waals surface area contributed by atoms with Gasteiger partial charge in [-0.05, 0) is 29.7 Å². The molecule has 1 unspecified atom stereocenters. The maximum absolute atomic E-state index is 14.8. The van der Waals surface area contributed by atoms with Crippen molar-refractivity contribution in [3.05, 3.63) is 53.9 Å². The average molecular weight is 402 g/mol. The number of hydroxylamine groups is 1. The van der Waals surface area contributed by atoms with Crippen molar-refractivity contribution < 1.29 is 23.5 Å². The SMILES string of the molecule is COc1cc2nccc(Nc3c(F)cc(C(C(=O)NO)C(C)C)cc3F)c2cn1. The van der Waals surface area contributed by atoms with Crippen LogP contribution in [-0.2, 0) is 4.79 Å². The molecule has 0 aliphatic carbocycles. The minimum absolute atomic E-state index is 0.123. The summed E-state index contributed by atoms with van der Waals surface area (Å²) in [5.74, 6) is -3.31. The molecular formula is C20H20F2N4O3. The van der Waals surface area contributed by atoms with Crippen molar-refractivity contribution in [2.75, 3.05) is 12.4 Å². The Bertz CT molecular complexity index is 1040. The van der Waals surface area contributed by atoms with Crippen LogP contribution in [0.4, 0.5) is 20.2 Å². The van der Waals surface area contributed by atoms with Crippen LogP contribution in [-0.4, -0.2) is 28.2 Å². The Morgan fingerprint density at radius 1 is 1.17 bits per heavy atom. The number of pyridine rings is 2. The Morgan fingerprint density at radius 3 is 2.45 bits per heavy atom. The predicted molar refractivity (Wildman–Crippen MR) is 103 cm³/mol. The first-order valence-electron chi connectivity index (χ1n) is 8.84. The zero-order valence-corrected chi connectivity index (χ0v) is 16.0. The van der Waals surface area contributed by atoms with Gasteiger partial charge in [0, 0.05) is 23.8 Å². The van der Waals surface area contributed by atoms with Crippen molar-refractivity contribution in [2.45, 2.75) is 19.8 Å². The number of hydrogen-bond acceptors (Lipinski definition) is 6. The van der Waals surface area contributed by atoms with E-state index in [4.69, 9.17) is 9.94 Å². The average Bonchev–Trinajstić information content (AvgIpc) is 2.70. The maximum Gasteiger partial charge on any atom is 0.251 e. The number of rotatable bonds is 6. The van der Waals surface area contributed by atoms with Gasteiger partial charge in [0.25, 0.3) is 5.91 Å². The lowest BCUT2D eigenvalue weighted by atomic mass is 9.87. The number of anilines is 2. The number of halogens is 2. The van der Waals surface area contributed by atoms with Crippen LogP contribution < -0.4 is 15.5 Å². The number of ether oxygens (including phenoxy) is 1. The van der Waals surface area contributed by atoms with Gasteiger partial charge in [-0.25, -0.2) is 19.2 Å². The molecule has 0 fully saturated rings. The molecule has 152 valence electrons. The molecular weight excluding hydrogens is 382 g/mol. The molecule has 0 aliphatic heterocycles. The predicted octanol–water partition coefficient (Wildman–Crippen LogP) is 3.91. The normalized spacial score (nSPS) is 12.1. The Labute approximate surface area is 165 Å². The van der Waals surface area contributed by atoms with Gasteiger partial charge in [-0.2, -0.15) is 0 Å². The van der Waals surface area contributed by atoms with Gasteiger partial charge in [-0.15, -0.1) is 0 Å². The summed E-state index contributed by atoms with van der Waals surface area (Å²) in [5.41, 5.74) is 2.24. The Balaban J connectivity index is 2.01. The number of nitrogens with zero attached hydrogens (tertiary/aromatic N) is 2. The summed E-state index contributed by atoms with van der Waals surface area (Å²) in [5, 5.41) is 12.2. The van der Waals surface area contributed by atoms with Crippen LogP contribution in [0.15, 0.2) is 36.7 Å². The van der Waals surface area contributed by atoms with Gasteiger partial charge in [0.05, 0.1) is 24.2 Å². The number of nitrogens with one attached hydrogen (secondary N) is 2. The van der Waals surface area contributed by atoms with Crippen LogP contribution in [0.2, 0.25) is 0 Å². The Hall–Kier alpha value is -3.33. The molecule has 3 aromatic rings. The van der Waals surface area contributed by atoms with Gasteiger partial charge >= 0.3 is 0 Å². The number of aromatic nitrogens is 2. The number of carbonyl (C=O) groups excluding carboxylic acids is 1. The zero-order chi connectivity index (χ0) is 21.1. The molecule has 2 aromatic heterocycles. The number of carbonyl (C=O) groups is 1. The molecule has 3 N–H and O–H groups in total. The molecule has 0 saturated carbocycles. The van der Waals surface area contributed by atoms with E-state index in [-0.39, 0.29) is 17.2 Å². The van der Waals surface area contributed by atoms with Crippen molar-refractivity contribution in [1.29, 1.82) is 0 Å². The third kappa shape index (κ3) is 4.09. The van der Waals surface area contributed by atoms with Gasteiger partial charge in [-0.3, -0.25) is 15.0 Å². The molecule has 0 aliphatic rings. The van der Waals surface area contributed by atoms with Gasteiger partial charge in [0.2, 0.25) is 5.88 Å². The van der Waals surface area contributed by atoms with Crippen LogP contribution >= 0.6 is 0 Å². The van der Waals surface area contributed by atoms with Gasteiger partial charge in [0.15, 0.2) is 0 Å². The molecule has 0 spiro atoms. The molecule has 29 heavy (non-hydrogen) atoms. The smallest absolute Gasteiger partial charge is 0.251 e. The highest BCUT2D eigenvalue weighted by Gasteiger charge is 2.26. The van der Waals surface area contributed by atoms with Crippen molar-refractivity contribution >= 4 is 28.2 Å². The summed E-state index contributed by atoms with van der Waals surface area (Å²) in [6, 6.07) is 5.34. The second kappa shape index (κ2) is 8.36. The number of hydrogen-bond donors (Lipinski definition) is 3. The lowest BCUT2D eigenvalue weighted by Gasteiger charge is -2.20. The molecule has 2 heterocycles. The largest absolute Gasteiger partial charge is 0.481 e. The molecule has 3 rings (SSSR count). The van der Waals surface area contributed by atoms with E-state index >= 15 is 0 Å². The molecule has 1 aromatic carbocycles. The maximum atomic E-state index is 14.8. The van der Waals surface area contributed by atoms with Crippen molar-refractivity contribution in [2.24, 2.45) is 5.92 Å². The van der Waals surface area contributed by atoms with Crippen LogP contribution in [0, 0.1) is 17.6 Å². The summed E-state index contributed by atoms with van der Waals surface area (Å²) >= 11 is 0. The molecule has 0 radical (unpaired) electrons. The number of methoxy groups -OCH3 is 1. The van der Waals surface area contributed by atoms with E-state index in [1.165, 1.54) is 19.5 Å². The summed E-state index contributed by atoms with van der Waals surface area (Å²) < 4.78 is 34.6. The highest BCUT2D eigenvalue weighted by atomic mass is 19.1. The minimum Gasteiger partial charge on any atom is -0.481 e. The van der Waals surface area contributed by atoms with Crippen molar-refractivity contribution in [3.8, 4) is 5.88 Å². The fourth-order valence-corrected chi connectivity index (χ4v) is 3.18. The first kappa shape index (κ1) is 20.4. The van der Waals surface area contributed by atoms with Gasteiger partial charge < -0.3 is 10.1 Å². The number of benzene rings is 1. The third-order valence-electron chi connectivity index (χ3n) is 4.55. The van der Waals surface area contributed by atoms with E-state index in [2.05, 4.69) is 15.3 Å². The lowest BCUT2D eigenvalue weighted by molar-refractivity contribution is -0.131. The molecule has 0 bridgehead atoms. The van der Waals surface area contributed by atoms with Crippen molar-refractivity contribution in [1.82, 2.24) is 15.4 Å². The quantitative estimate of drug-likeness (QED) is 0.427. The van der Waals surface area contributed by atoms with Gasteiger partial charge in [0.1, 0.15) is 17.3 Å². The fourth-order valence-electron chi connectivity index (χ4n) is 3.18. The van der Waals surface area contributed by atoms with E-state index in [1.807, 2.05) is 0 Å². The third-order valence-corrected chi connectivity index (χ3v) is 4.55. The highest BCUT2D eigenvalue weighted by molar-refractivity contribution is 5.92. The van der Waals surface area contributed by atoms with E-state index in [0.29, 0.717) is 22.5 Å². The Morgan fingerprint density at radius 2 is 1.86 bits per heavy atom. The second-order valence-corrected chi connectivity index (χ2v) is 6.78. The van der Waals surface area contributed by atoms with Crippen LogP contribution in [0.25, 0.3) is 10.9 Å². The summed E-state index contributed by atoms with van der Waals surface area (Å²) in [7, 11) is 1.48. The molecule has 1 atom stereocenters. The molecule has 1 amide bonds. The minimum atomic E-state index is -0.906. The molecule has 0 saturated heterocycles. The number of fused-ring (bicyclic) bond motifs is 1. The molecule has 7 nitrogen and oxygen atoms in total. The van der Waals surface area contributed by atoms with Crippen LogP contribution in [0.1, 0.15) is 25.3 Å². The summed E-state index contributed by atoms with van der Waals surface area (Å²) in [6.07, 6.45) is 2.99. The van der Waals surface area contributed by atoms with E-state index < -0.39 is 23.5 Å². The van der Waals surface area contributed by atoms with Crippen LogP contribution in [0.5, 0.6) is 5.88 Å². The topological polar surface area (TPSA) is 96.4 Å². The van der Waals surface area contributed by atoms with E-state index in [1.54, 1.807) is 31.5 Å². The zero-order valence-electron chi connectivity index (χ0n) is 16.0. The van der Waals surface area contributed by atoms with Crippen molar-refractivity contribution in [3.63, 3.8) is 0 Å². The second-order valence-electron chi connectivity index (χ2n) is 6.78. The first-order chi connectivity index (χ1) is 13.8. The fraction of sp³-hybridized carbons (Fsp3) is 0.250. The lowest BCUT2D eigenvalue weighted by Crippen LogP contribution is -2.29. The van der Waals surface area contributed by atoms with Gasteiger partial charge in [-0.1, -0.05) is 13.8 Å². The first-order valence-corrected chi connectivity index (χ1v) is 8.84. The van der Waals surface area contributed by atoms with E-state index in [9.17, 15) is 13.6 Å². The summed E-state index contributed by atoms with van der Waals surface area (Å²) in [6.45, 7) is 3.43.